The van der Waals surface area contributed by atoms with Crippen molar-refractivity contribution in [2.45, 2.75) is 6.42 Å². The van der Waals surface area contributed by atoms with Crippen molar-refractivity contribution in [3.8, 4) is 11.8 Å². The van der Waals surface area contributed by atoms with E-state index in [9.17, 15) is 9.59 Å². The average molecular weight is 399 g/mol. The van der Waals surface area contributed by atoms with Gasteiger partial charge in [-0.05, 0) is 54.4 Å². The Morgan fingerprint density at radius 3 is 2.43 bits per heavy atom. The molecule has 3 aromatic carbocycles. The Bertz CT molecular complexity index is 1100. The van der Waals surface area contributed by atoms with E-state index in [0.29, 0.717) is 35.3 Å². The highest BCUT2D eigenvalue weighted by molar-refractivity contribution is 6.06. The van der Waals surface area contributed by atoms with Crippen LogP contribution in [0, 0.1) is 11.3 Å². The Morgan fingerprint density at radius 1 is 0.933 bits per heavy atom. The number of nitriles is 1. The highest BCUT2D eigenvalue weighted by Crippen LogP contribution is 2.16. The Balaban J connectivity index is 1.62. The summed E-state index contributed by atoms with van der Waals surface area (Å²) in [5.74, 6) is 0.129. The van der Waals surface area contributed by atoms with Crippen molar-refractivity contribution in [3.63, 3.8) is 0 Å². The van der Waals surface area contributed by atoms with Crippen LogP contribution in [0.2, 0.25) is 0 Å². The van der Waals surface area contributed by atoms with E-state index in [4.69, 9.17) is 10.00 Å². The van der Waals surface area contributed by atoms with Crippen molar-refractivity contribution in [2.75, 3.05) is 19.0 Å². The summed E-state index contributed by atoms with van der Waals surface area (Å²) in [5.41, 5.74) is 2.58. The molecule has 0 heterocycles. The molecule has 0 spiro atoms. The van der Waals surface area contributed by atoms with Gasteiger partial charge in [0.2, 0.25) is 0 Å². The monoisotopic (exact) mass is 399 g/mol. The maximum Gasteiger partial charge on any atom is 0.255 e. The van der Waals surface area contributed by atoms with Gasteiger partial charge in [0.1, 0.15) is 11.8 Å². The van der Waals surface area contributed by atoms with Crippen LogP contribution in [0.1, 0.15) is 31.8 Å². The van der Waals surface area contributed by atoms with Crippen LogP contribution >= 0.6 is 0 Å². The third-order valence-corrected chi connectivity index (χ3v) is 4.52. The predicted molar refractivity (Wildman–Crippen MR) is 115 cm³/mol. The Labute approximate surface area is 175 Å². The van der Waals surface area contributed by atoms with Gasteiger partial charge >= 0.3 is 0 Å². The summed E-state index contributed by atoms with van der Waals surface area (Å²) in [4.78, 5) is 25.0. The first kappa shape index (κ1) is 20.6. The summed E-state index contributed by atoms with van der Waals surface area (Å²) in [6.45, 7) is 0.456. The maximum atomic E-state index is 12.6. The van der Waals surface area contributed by atoms with Crippen LogP contribution in [0.5, 0.6) is 5.75 Å². The van der Waals surface area contributed by atoms with Gasteiger partial charge in [0.15, 0.2) is 0 Å². The zero-order valence-electron chi connectivity index (χ0n) is 16.5. The molecule has 0 unspecified atom stereocenters. The van der Waals surface area contributed by atoms with Gasteiger partial charge in [-0.1, -0.05) is 30.3 Å². The lowest BCUT2D eigenvalue weighted by Gasteiger charge is -2.09. The minimum atomic E-state index is -0.385. The molecule has 0 aliphatic heterocycles. The summed E-state index contributed by atoms with van der Waals surface area (Å²) in [6.07, 6.45) is 0.661. The van der Waals surface area contributed by atoms with Crippen molar-refractivity contribution in [2.24, 2.45) is 0 Å². The lowest BCUT2D eigenvalue weighted by Crippen LogP contribution is -2.26. The molecule has 0 bridgehead atoms. The van der Waals surface area contributed by atoms with Crippen molar-refractivity contribution < 1.29 is 14.3 Å². The molecule has 0 aromatic heterocycles. The minimum Gasteiger partial charge on any atom is -0.497 e. The van der Waals surface area contributed by atoms with Crippen LogP contribution in [0.3, 0.4) is 0 Å². The van der Waals surface area contributed by atoms with Crippen molar-refractivity contribution in [1.29, 1.82) is 5.26 Å². The summed E-state index contributed by atoms with van der Waals surface area (Å²) < 4.78 is 5.20. The smallest absolute Gasteiger partial charge is 0.255 e. The second-order valence-corrected chi connectivity index (χ2v) is 6.55. The average Bonchev–Trinajstić information content (AvgIpc) is 2.79. The SMILES string of the molecule is COc1cccc(CCNC(=O)c2cccc(C(=O)Nc3ccccc3C#N)c2)c1. The fourth-order valence-corrected chi connectivity index (χ4v) is 2.94. The molecule has 0 aliphatic carbocycles. The zero-order chi connectivity index (χ0) is 21.3. The number of anilines is 1. The number of carbonyl (C=O) groups excluding carboxylic acids is 2. The quantitative estimate of drug-likeness (QED) is 0.632. The number of benzene rings is 3. The normalized spacial score (nSPS) is 10.0. The van der Waals surface area contributed by atoms with E-state index in [-0.39, 0.29) is 11.8 Å². The van der Waals surface area contributed by atoms with E-state index in [1.807, 2.05) is 30.3 Å². The van der Waals surface area contributed by atoms with Gasteiger partial charge in [-0.3, -0.25) is 9.59 Å². The third-order valence-electron chi connectivity index (χ3n) is 4.52. The first-order chi connectivity index (χ1) is 14.6. The largest absolute Gasteiger partial charge is 0.497 e. The van der Waals surface area contributed by atoms with E-state index in [0.717, 1.165) is 11.3 Å². The Hall–Kier alpha value is -4.11. The van der Waals surface area contributed by atoms with Crippen LogP contribution < -0.4 is 15.4 Å². The molecule has 0 saturated heterocycles. The molecule has 6 nitrogen and oxygen atoms in total. The molecular formula is C24H21N3O3. The second kappa shape index (κ2) is 9.89. The first-order valence-corrected chi connectivity index (χ1v) is 9.42. The number of nitrogens with zero attached hydrogens (tertiary/aromatic N) is 1. The Morgan fingerprint density at radius 2 is 1.67 bits per heavy atom. The number of nitrogens with one attached hydrogen (secondary N) is 2. The van der Waals surface area contributed by atoms with E-state index < -0.39 is 0 Å². The van der Waals surface area contributed by atoms with Gasteiger partial charge in [0.05, 0.1) is 18.4 Å². The topological polar surface area (TPSA) is 91.2 Å². The molecule has 30 heavy (non-hydrogen) atoms. The van der Waals surface area contributed by atoms with Gasteiger partial charge < -0.3 is 15.4 Å². The highest BCUT2D eigenvalue weighted by Gasteiger charge is 2.12. The van der Waals surface area contributed by atoms with Crippen molar-refractivity contribution >= 4 is 17.5 Å². The molecule has 0 radical (unpaired) electrons. The molecule has 0 atom stereocenters. The molecule has 2 N–H and O–H groups in total. The number of methoxy groups -OCH3 is 1. The number of rotatable bonds is 7. The van der Waals surface area contributed by atoms with Gasteiger partial charge in [-0.2, -0.15) is 5.26 Å². The number of ether oxygens (including phenoxy) is 1. The zero-order valence-corrected chi connectivity index (χ0v) is 16.5. The van der Waals surface area contributed by atoms with Crippen molar-refractivity contribution in [3.05, 3.63) is 95.1 Å². The van der Waals surface area contributed by atoms with Crippen LogP contribution in [0.25, 0.3) is 0 Å². The number of carbonyl (C=O) groups is 2. The fourth-order valence-electron chi connectivity index (χ4n) is 2.94. The maximum absolute atomic E-state index is 12.6. The Kier molecular flexibility index (Phi) is 6.80. The van der Waals surface area contributed by atoms with Gasteiger partial charge in [-0.25, -0.2) is 0 Å². The molecule has 6 heteroatoms. The van der Waals surface area contributed by atoms with Gasteiger partial charge in [0, 0.05) is 17.7 Å². The van der Waals surface area contributed by atoms with Gasteiger partial charge in [-0.15, -0.1) is 0 Å². The molecule has 150 valence electrons. The molecule has 2 amide bonds. The number of para-hydroxylation sites is 1. The highest BCUT2D eigenvalue weighted by atomic mass is 16.5. The van der Waals surface area contributed by atoms with Crippen LogP contribution in [-0.4, -0.2) is 25.5 Å². The summed E-state index contributed by atoms with van der Waals surface area (Å²) >= 11 is 0. The minimum absolute atomic E-state index is 0.259. The molecule has 0 fully saturated rings. The van der Waals surface area contributed by atoms with E-state index in [1.54, 1.807) is 49.6 Å². The number of amides is 2. The lowest BCUT2D eigenvalue weighted by atomic mass is 10.1. The number of hydrogen-bond acceptors (Lipinski definition) is 4. The number of hydrogen-bond donors (Lipinski definition) is 2. The molecule has 3 aromatic rings. The van der Waals surface area contributed by atoms with E-state index in [2.05, 4.69) is 10.6 Å². The van der Waals surface area contributed by atoms with Crippen molar-refractivity contribution in [1.82, 2.24) is 5.32 Å². The third kappa shape index (κ3) is 5.24. The molecule has 0 saturated carbocycles. The summed E-state index contributed by atoms with van der Waals surface area (Å²) in [7, 11) is 1.61. The van der Waals surface area contributed by atoms with E-state index >= 15 is 0 Å². The van der Waals surface area contributed by atoms with E-state index in [1.165, 1.54) is 6.07 Å². The standard InChI is InChI=1S/C24H21N3O3/c1-30-21-10-4-6-17(14-21)12-13-26-23(28)18-8-5-9-19(15-18)24(29)27-22-11-3-2-7-20(22)16-25/h2-11,14-15H,12-13H2,1H3,(H,26,28)(H,27,29). The van der Waals surface area contributed by atoms with Crippen LogP contribution in [-0.2, 0) is 6.42 Å². The van der Waals surface area contributed by atoms with Crippen LogP contribution in [0.4, 0.5) is 5.69 Å². The predicted octanol–water partition coefficient (Wildman–Crippen LogP) is 3.79. The van der Waals surface area contributed by atoms with Crippen LogP contribution in [0.15, 0.2) is 72.8 Å². The first-order valence-electron chi connectivity index (χ1n) is 9.42. The lowest BCUT2D eigenvalue weighted by molar-refractivity contribution is 0.0954. The summed E-state index contributed by atoms with van der Waals surface area (Å²) in [6, 6.07) is 22.9. The van der Waals surface area contributed by atoms with Gasteiger partial charge in [0.25, 0.3) is 11.8 Å². The second-order valence-electron chi connectivity index (χ2n) is 6.55. The molecular weight excluding hydrogens is 378 g/mol. The summed E-state index contributed by atoms with van der Waals surface area (Å²) in [5, 5.41) is 14.7. The molecule has 0 aliphatic rings. The molecule has 3 rings (SSSR count). The fraction of sp³-hybridized carbons (Fsp3) is 0.125.